The maximum absolute atomic E-state index is 12.6. The number of hydrogen-bond acceptors (Lipinski definition) is 6. The highest BCUT2D eigenvalue weighted by atomic mass is 35.5. The third kappa shape index (κ3) is 3.78. The Morgan fingerprint density at radius 3 is 2.59 bits per heavy atom. The van der Waals surface area contributed by atoms with E-state index >= 15 is 0 Å². The molecule has 29 heavy (non-hydrogen) atoms. The Balaban J connectivity index is 1.71. The van der Waals surface area contributed by atoms with Crippen LogP contribution < -0.4 is 15.5 Å². The fourth-order valence-corrected chi connectivity index (χ4v) is 4.56. The van der Waals surface area contributed by atoms with Crippen LogP contribution in [0.4, 0.5) is 10.8 Å². The molecule has 3 aromatic rings. The Morgan fingerprint density at radius 1 is 1.24 bits per heavy atom. The summed E-state index contributed by atoms with van der Waals surface area (Å²) in [6.45, 7) is 4.81. The molecule has 4 rings (SSSR count). The van der Waals surface area contributed by atoms with Gasteiger partial charge in [0, 0.05) is 31.9 Å². The van der Waals surface area contributed by atoms with Crippen molar-refractivity contribution in [2.75, 3.05) is 36.4 Å². The molecule has 0 unspecified atom stereocenters. The monoisotopic (exact) mass is 453 g/mol. The van der Waals surface area contributed by atoms with Gasteiger partial charge in [0.1, 0.15) is 11.2 Å². The van der Waals surface area contributed by atoms with Crippen LogP contribution in [0.1, 0.15) is 26.5 Å². The number of amides is 1. The van der Waals surface area contributed by atoms with Gasteiger partial charge in [0.2, 0.25) is 0 Å². The summed E-state index contributed by atoms with van der Waals surface area (Å²) < 4.78 is 0.681. The van der Waals surface area contributed by atoms with Crippen molar-refractivity contribution in [1.82, 2.24) is 15.3 Å². The molecule has 0 spiro atoms. The second kappa shape index (κ2) is 7.83. The van der Waals surface area contributed by atoms with Gasteiger partial charge in [-0.25, -0.2) is 9.78 Å². The van der Waals surface area contributed by atoms with Crippen molar-refractivity contribution < 1.29 is 14.7 Å². The molecule has 0 radical (unpaired) electrons. The molecule has 1 saturated heterocycles. The van der Waals surface area contributed by atoms with E-state index < -0.39 is 11.9 Å². The van der Waals surface area contributed by atoms with E-state index in [-0.39, 0.29) is 16.3 Å². The van der Waals surface area contributed by atoms with Crippen LogP contribution in [0.25, 0.3) is 10.2 Å². The van der Waals surface area contributed by atoms with Crippen LogP contribution in [0.5, 0.6) is 0 Å². The lowest BCUT2D eigenvalue weighted by Crippen LogP contribution is -2.43. The molecule has 1 amide bonds. The van der Waals surface area contributed by atoms with E-state index in [1.165, 1.54) is 11.3 Å². The average molecular weight is 454 g/mol. The SMILES string of the molecule is Cc1[nH]c(C(=O)Nc2nc3c(N4CCNCC4)cc(C(=O)O)cc3s2)c(Cl)c1Cl. The summed E-state index contributed by atoms with van der Waals surface area (Å²) >= 11 is 13.4. The molecule has 0 bridgehead atoms. The number of halogens is 2. The maximum Gasteiger partial charge on any atom is 0.335 e. The minimum Gasteiger partial charge on any atom is -0.478 e. The van der Waals surface area contributed by atoms with Gasteiger partial charge in [-0.1, -0.05) is 34.5 Å². The topological polar surface area (TPSA) is 110 Å². The number of carboxylic acids is 1. The summed E-state index contributed by atoms with van der Waals surface area (Å²) in [5, 5.41) is 16.3. The molecular formula is C18H17Cl2N5O3S. The average Bonchev–Trinajstić information content (AvgIpc) is 3.23. The van der Waals surface area contributed by atoms with Gasteiger partial charge in [-0.3, -0.25) is 10.1 Å². The summed E-state index contributed by atoms with van der Waals surface area (Å²) in [6.07, 6.45) is 0. The van der Waals surface area contributed by atoms with E-state index in [0.717, 1.165) is 31.9 Å². The van der Waals surface area contributed by atoms with Crippen molar-refractivity contribution in [3.05, 3.63) is 39.1 Å². The van der Waals surface area contributed by atoms with Crippen LogP contribution >= 0.6 is 34.5 Å². The van der Waals surface area contributed by atoms with Crippen molar-refractivity contribution in [2.45, 2.75) is 6.92 Å². The van der Waals surface area contributed by atoms with Gasteiger partial charge < -0.3 is 20.3 Å². The molecule has 1 aliphatic heterocycles. The Bertz CT molecular complexity index is 1120. The molecule has 0 saturated carbocycles. The number of aromatic carboxylic acids is 1. The molecular weight excluding hydrogens is 437 g/mol. The number of H-pyrrole nitrogens is 1. The van der Waals surface area contributed by atoms with Gasteiger partial charge in [-0.15, -0.1) is 0 Å². The number of carboxylic acid groups (broad SMARTS) is 1. The zero-order chi connectivity index (χ0) is 20.7. The highest BCUT2D eigenvalue weighted by Gasteiger charge is 2.22. The lowest BCUT2D eigenvalue weighted by atomic mass is 10.1. The first kappa shape index (κ1) is 20.0. The number of carbonyl (C=O) groups is 2. The van der Waals surface area contributed by atoms with Crippen LogP contribution in [0.15, 0.2) is 12.1 Å². The normalized spacial score (nSPS) is 14.4. The van der Waals surface area contributed by atoms with Gasteiger partial charge in [0.25, 0.3) is 5.91 Å². The van der Waals surface area contributed by atoms with E-state index in [9.17, 15) is 14.7 Å². The first-order valence-corrected chi connectivity index (χ1v) is 10.4. The number of aryl methyl sites for hydroxylation is 1. The van der Waals surface area contributed by atoms with Crippen LogP contribution in [-0.2, 0) is 0 Å². The molecule has 152 valence electrons. The van der Waals surface area contributed by atoms with Gasteiger partial charge in [-0.2, -0.15) is 0 Å². The van der Waals surface area contributed by atoms with Gasteiger partial charge in [0.15, 0.2) is 5.13 Å². The van der Waals surface area contributed by atoms with Crippen molar-refractivity contribution >= 4 is 67.5 Å². The van der Waals surface area contributed by atoms with Crippen LogP contribution in [-0.4, -0.2) is 53.1 Å². The number of anilines is 2. The highest BCUT2D eigenvalue weighted by molar-refractivity contribution is 7.22. The fraction of sp³-hybridized carbons (Fsp3) is 0.278. The molecule has 8 nitrogen and oxygen atoms in total. The second-order valence-corrected chi connectivity index (χ2v) is 8.40. The lowest BCUT2D eigenvalue weighted by Gasteiger charge is -2.29. The highest BCUT2D eigenvalue weighted by Crippen LogP contribution is 2.35. The predicted octanol–water partition coefficient (Wildman–Crippen LogP) is 3.60. The molecule has 3 heterocycles. The molecule has 2 aromatic heterocycles. The number of nitrogens with zero attached hydrogens (tertiary/aromatic N) is 2. The summed E-state index contributed by atoms with van der Waals surface area (Å²) in [5.74, 6) is -1.48. The number of aromatic nitrogens is 2. The number of benzene rings is 1. The summed E-state index contributed by atoms with van der Waals surface area (Å²) in [5.41, 5.74) is 2.33. The van der Waals surface area contributed by atoms with Crippen molar-refractivity contribution in [3.8, 4) is 0 Å². The molecule has 1 fully saturated rings. The first-order chi connectivity index (χ1) is 13.8. The van der Waals surface area contributed by atoms with Crippen molar-refractivity contribution in [1.29, 1.82) is 0 Å². The van der Waals surface area contributed by atoms with Crippen LogP contribution in [0.2, 0.25) is 10.0 Å². The third-order valence-corrected chi connectivity index (χ3v) is 6.55. The van der Waals surface area contributed by atoms with Gasteiger partial charge >= 0.3 is 5.97 Å². The van der Waals surface area contributed by atoms with Crippen molar-refractivity contribution in [2.24, 2.45) is 0 Å². The number of nitrogens with one attached hydrogen (secondary N) is 3. The number of piperazine rings is 1. The van der Waals surface area contributed by atoms with Gasteiger partial charge in [0.05, 0.1) is 26.0 Å². The Morgan fingerprint density at radius 2 is 1.97 bits per heavy atom. The largest absolute Gasteiger partial charge is 0.478 e. The summed E-state index contributed by atoms with van der Waals surface area (Å²) in [7, 11) is 0. The molecule has 0 atom stereocenters. The van der Waals surface area contributed by atoms with E-state index in [4.69, 9.17) is 23.2 Å². The molecule has 1 aliphatic rings. The summed E-state index contributed by atoms with van der Waals surface area (Å²) in [6, 6.07) is 3.20. The predicted molar refractivity (Wildman–Crippen MR) is 115 cm³/mol. The summed E-state index contributed by atoms with van der Waals surface area (Å²) in [4.78, 5) is 33.7. The number of aromatic amines is 1. The molecule has 1 aromatic carbocycles. The second-order valence-electron chi connectivity index (χ2n) is 6.61. The Labute approximate surface area is 179 Å². The zero-order valence-corrected chi connectivity index (χ0v) is 17.6. The van der Waals surface area contributed by atoms with E-state index in [1.54, 1.807) is 19.1 Å². The van der Waals surface area contributed by atoms with Crippen molar-refractivity contribution in [3.63, 3.8) is 0 Å². The van der Waals surface area contributed by atoms with Gasteiger partial charge in [-0.05, 0) is 19.1 Å². The molecule has 11 heteroatoms. The zero-order valence-electron chi connectivity index (χ0n) is 15.3. The Hall–Kier alpha value is -2.33. The smallest absolute Gasteiger partial charge is 0.335 e. The number of rotatable bonds is 4. The van der Waals surface area contributed by atoms with E-state index in [2.05, 4.69) is 25.5 Å². The maximum atomic E-state index is 12.6. The number of fused-ring (bicyclic) bond motifs is 1. The van der Waals surface area contributed by atoms with Crippen LogP contribution in [0.3, 0.4) is 0 Å². The quantitative estimate of drug-likeness (QED) is 0.480. The molecule has 4 N–H and O–H groups in total. The third-order valence-electron chi connectivity index (χ3n) is 4.68. The van der Waals surface area contributed by atoms with E-state index in [1.807, 2.05) is 0 Å². The van der Waals surface area contributed by atoms with Crippen LogP contribution in [0, 0.1) is 6.92 Å². The lowest BCUT2D eigenvalue weighted by molar-refractivity contribution is 0.0697. The number of thiazole rings is 1. The number of hydrogen-bond donors (Lipinski definition) is 4. The first-order valence-electron chi connectivity index (χ1n) is 8.83. The molecule has 0 aliphatic carbocycles. The number of carbonyl (C=O) groups excluding carboxylic acids is 1. The van der Waals surface area contributed by atoms with E-state index in [0.29, 0.717) is 26.1 Å². The minimum absolute atomic E-state index is 0.150. The minimum atomic E-state index is -1.01. The fourth-order valence-electron chi connectivity index (χ4n) is 3.22. The standard InChI is InChI=1S/C18H17Cl2N5O3S/c1-8-12(19)13(20)15(22-8)16(26)24-18-23-14-10(25-4-2-21-3-5-25)6-9(17(27)28)7-11(14)29-18/h6-7,21-22H,2-5H2,1H3,(H,27,28)(H,23,24,26). The Kier molecular flexibility index (Phi) is 5.39.